The monoisotopic (exact) mass is 486 g/mol. The number of rotatable bonds is 8. The van der Waals surface area contributed by atoms with E-state index >= 15 is 0 Å². The Kier molecular flexibility index (Phi) is 9.58. The fourth-order valence-corrected chi connectivity index (χ4v) is 10.4. The molecular formula is C33H58O2. The van der Waals surface area contributed by atoms with Crippen LogP contribution >= 0.6 is 0 Å². The average molecular weight is 487 g/mol. The van der Waals surface area contributed by atoms with E-state index in [0.717, 1.165) is 54.5 Å². The summed E-state index contributed by atoms with van der Waals surface area (Å²) in [6.45, 7) is 5.76. The van der Waals surface area contributed by atoms with Gasteiger partial charge in [-0.3, -0.25) is 0 Å². The lowest BCUT2D eigenvalue weighted by molar-refractivity contribution is -0.147. The number of aliphatic hydroxyl groups excluding tert-OH is 1. The third-order valence-corrected chi connectivity index (χ3v) is 12.2. The first-order valence-electron chi connectivity index (χ1n) is 16.5. The molecular weight excluding hydrogens is 428 g/mol. The highest BCUT2D eigenvalue weighted by Gasteiger charge is 2.51. The van der Waals surface area contributed by atoms with E-state index in [4.69, 9.17) is 4.74 Å². The molecule has 0 aromatic carbocycles. The fourth-order valence-electron chi connectivity index (χ4n) is 10.4. The van der Waals surface area contributed by atoms with E-state index < -0.39 is 0 Å². The molecule has 5 saturated carbocycles. The summed E-state index contributed by atoms with van der Waals surface area (Å²) >= 11 is 0. The van der Waals surface area contributed by atoms with Crippen LogP contribution in [0.1, 0.15) is 136 Å². The maximum atomic E-state index is 11.5. The fraction of sp³-hybridized carbons (Fsp3) is 1.00. The first-order chi connectivity index (χ1) is 17.2. The summed E-state index contributed by atoms with van der Waals surface area (Å²) in [5.41, 5.74) is 0. The molecule has 0 spiro atoms. The summed E-state index contributed by atoms with van der Waals surface area (Å²) in [7, 11) is 0. The summed E-state index contributed by atoms with van der Waals surface area (Å²) in [6, 6.07) is 0. The number of ether oxygens (including phenoxy) is 1. The molecule has 202 valence electrons. The van der Waals surface area contributed by atoms with Crippen molar-refractivity contribution < 1.29 is 9.84 Å². The molecule has 0 heterocycles. The first-order valence-corrected chi connectivity index (χ1v) is 16.5. The topological polar surface area (TPSA) is 29.5 Å². The van der Waals surface area contributed by atoms with Gasteiger partial charge in [0.2, 0.25) is 0 Å². The summed E-state index contributed by atoms with van der Waals surface area (Å²) in [5, 5.41) is 11.5. The van der Waals surface area contributed by atoms with Gasteiger partial charge in [-0.05, 0) is 105 Å². The second kappa shape index (κ2) is 12.6. The molecule has 0 aromatic rings. The SMILES string of the molecule is CCCC1CCC(C(CC)COC2CCC3CCCCC3C2C2C(O)CCC3CCCCC32)CC1. The Morgan fingerprint density at radius 1 is 0.686 bits per heavy atom. The van der Waals surface area contributed by atoms with Gasteiger partial charge in [-0.15, -0.1) is 0 Å². The van der Waals surface area contributed by atoms with E-state index in [1.807, 2.05) is 0 Å². The Morgan fingerprint density at radius 3 is 1.97 bits per heavy atom. The zero-order valence-electron chi connectivity index (χ0n) is 23.3. The Labute approximate surface area is 217 Å². The molecule has 2 heteroatoms. The van der Waals surface area contributed by atoms with Crippen LogP contribution in [-0.2, 0) is 4.74 Å². The number of hydrogen-bond acceptors (Lipinski definition) is 2. The van der Waals surface area contributed by atoms with Crippen LogP contribution in [0.2, 0.25) is 0 Å². The predicted octanol–water partition coefficient (Wildman–Crippen LogP) is 8.80. The van der Waals surface area contributed by atoms with Gasteiger partial charge in [0.25, 0.3) is 0 Å². The Bertz CT molecular complexity index is 625. The van der Waals surface area contributed by atoms with Crippen LogP contribution in [0.3, 0.4) is 0 Å². The van der Waals surface area contributed by atoms with Gasteiger partial charge in [-0.25, -0.2) is 0 Å². The number of hydrogen-bond donors (Lipinski definition) is 1. The van der Waals surface area contributed by atoms with E-state index in [1.165, 1.54) is 116 Å². The molecule has 0 bridgehead atoms. The molecule has 5 rings (SSSR count). The lowest BCUT2D eigenvalue weighted by Crippen LogP contribution is -2.53. The molecule has 2 nitrogen and oxygen atoms in total. The summed E-state index contributed by atoms with van der Waals surface area (Å²) in [6.07, 6.45) is 26.6. The van der Waals surface area contributed by atoms with E-state index in [2.05, 4.69) is 13.8 Å². The van der Waals surface area contributed by atoms with E-state index in [1.54, 1.807) is 0 Å². The molecule has 0 aromatic heterocycles. The van der Waals surface area contributed by atoms with Gasteiger partial charge in [-0.1, -0.05) is 84.5 Å². The lowest BCUT2D eigenvalue weighted by atomic mass is 9.53. The van der Waals surface area contributed by atoms with Gasteiger partial charge in [0.05, 0.1) is 18.8 Å². The van der Waals surface area contributed by atoms with Crippen molar-refractivity contribution in [3.63, 3.8) is 0 Å². The normalized spacial score (nSPS) is 45.3. The Hall–Kier alpha value is -0.0800. The third kappa shape index (κ3) is 6.00. The van der Waals surface area contributed by atoms with E-state index in [9.17, 15) is 5.11 Å². The minimum absolute atomic E-state index is 0.0676. The smallest absolute Gasteiger partial charge is 0.0610 e. The molecule has 0 aliphatic heterocycles. The highest BCUT2D eigenvalue weighted by atomic mass is 16.5. The number of fused-ring (bicyclic) bond motifs is 2. The molecule has 5 aliphatic carbocycles. The van der Waals surface area contributed by atoms with Crippen LogP contribution in [0.4, 0.5) is 0 Å². The lowest BCUT2D eigenvalue weighted by Gasteiger charge is -2.55. The highest BCUT2D eigenvalue weighted by Crippen LogP contribution is 2.55. The van der Waals surface area contributed by atoms with E-state index in [-0.39, 0.29) is 6.10 Å². The quantitative estimate of drug-likeness (QED) is 0.371. The largest absolute Gasteiger partial charge is 0.393 e. The molecule has 0 saturated heterocycles. The van der Waals surface area contributed by atoms with Gasteiger partial charge in [0.1, 0.15) is 0 Å². The van der Waals surface area contributed by atoms with Crippen LogP contribution in [0.25, 0.3) is 0 Å². The molecule has 5 fully saturated rings. The molecule has 1 N–H and O–H groups in total. The zero-order valence-corrected chi connectivity index (χ0v) is 23.3. The standard InChI is InChI=1S/C33H58O2/c1-3-9-23-14-16-25(17-15-23)24(4-2)22-35-31-21-19-27-11-6-8-13-29(27)33(31)32-28-12-7-5-10-26(28)18-20-30(32)34/h23-34H,3-22H2,1-2H3. The summed E-state index contributed by atoms with van der Waals surface area (Å²) in [5.74, 6) is 7.21. The first kappa shape index (κ1) is 26.5. The van der Waals surface area contributed by atoms with Crippen LogP contribution in [0.5, 0.6) is 0 Å². The van der Waals surface area contributed by atoms with Crippen LogP contribution in [-0.4, -0.2) is 23.9 Å². The van der Waals surface area contributed by atoms with Crippen molar-refractivity contribution in [1.29, 1.82) is 0 Å². The maximum absolute atomic E-state index is 11.5. The van der Waals surface area contributed by atoms with Crippen molar-refractivity contribution >= 4 is 0 Å². The van der Waals surface area contributed by atoms with Gasteiger partial charge < -0.3 is 9.84 Å². The van der Waals surface area contributed by atoms with Crippen molar-refractivity contribution in [2.75, 3.05) is 6.61 Å². The molecule has 9 unspecified atom stereocenters. The molecule has 5 aliphatic rings. The van der Waals surface area contributed by atoms with Crippen molar-refractivity contribution in [3.05, 3.63) is 0 Å². The molecule has 35 heavy (non-hydrogen) atoms. The summed E-state index contributed by atoms with van der Waals surface area (Å²) in [4.78, 5) is 0. The average Bonchev–Trinajstić information content (AvgIpc) is 2.90. The molecule has 0 radical (unpaired) electrons. The third-order valence-electron chi connectivity index (χ3n) is 12.2. The van der Waals surface area contributed by atoms with Crippen molar-refractivity contribution in [2.45, 2.75) is 148 Å². The maximum Gasteiger partial charge on any atom is 0.0610 e. The van der Waals surface area contributed by atoms with Crippen molar-refractivity contribution in [1.82, 2.24) is 0 Å². The zero-order chi connectivity index (χ0) is 24.2. The van der Waals surface area contributed by atoms with Crippen molar-refractivity contribution in [2.24, 2.45) is 53.3 Å². The molecule has 9 atom stereocenters. The Morgan fingerprint density at radius 2 is 1.31 bits per heavy atom. The minimum atomic E-state index is -0.0676. The predicted molar refractivity (Wildman–Crippen MR) is 146 cm³/mol. The van der Waals surface area contributed by atoms with Gasteiger partial charge in [0, 0.05) is 0 Å². The Balaban J connectivity index is 1.28. The highest BCUT2D eigenvalue weighted by molar-refractivity contribution is 5.01. The van der Waals surface area contributed by atoms with Crippen LogP contribution in [0, 0.1) is 53.3 Å². The minimum Gasteiger partial charge on any atom is -0.393 e. The second-order valence-electron chi connectivity index (χ2n) is 13.9. The van der Waals surface area contributed by atoms with Gasteiger partial charge in [0.15, 0.2) is 0 Å². The van der Waals surface area contributed by atoms with Gasteiger partial charge >= 0.3 is 0 Å². The van der Waals surface area contributed by atoms with Crippen LogP contribution < -0.4 is 0 Å². The van der Waals surface area contributed by atoms with Gasteiger partial charge in [-0.2, -0.15) is 0 Å². The van der Waals surface area contributed by atoms with E-state index in [0.29, 0.717) is 17.9 Å². The molecule has 0 amide bonds. The van der Waals surface area contributed by atoms with Crippen LogP contribution in [0.15, 0.2) is 0 Å². The second-order valence-corrected chi connectivity index (χ2v) is 13.9. The van der Waals surface area contributed by atoms with Crippen molar-refractivity contribution in [3.8, 4) is 0 Å². The number of aliphatic hydroxyl groups is 1. The summed E-state index contributed by atoms with van der Waals surface area (Å²) < 4.78 is 7.10.